The van der Waals surface area contributed by atoms with Crippen molar-refractivity contribution in [2.45, 2.75) is 19.6 Å². The number of nitrogens with zero attached hydrogens (tertiary/aromatic N) is 6. The quantitative estimate of drug-likeness (QED) is 0.239. The van der Waals surface area contributed by atoms with Gasteiger partial charge >= 0.3 is 6.30 Å². The molecule has 4 heterocycles. The second-order valence-electron chi connectivity index (χ2n) is 9.12. The van der Waals surface area contributed by atoms with Crippen LogP contribution >= 0.6 is 0 Å². The lowest BCUT2D eigenvalue weighted by Crippen LogP contribution is -2.19. The number of amides is 1. The first-order chi connectivity index (χ1) is 18.8. The van der Waals surface area contributed by atoms with Gasteiger partial charge in [-0.15, -0.1) is 13.2 Å². The SMILES string of the molecule is Cc1nn(C)c2c1c(N)nc1cc(F)c(C(=O)N(C)F)cc12.FC(F)(F)n1cc(-c2ccc3c(c2)OCC3)cn1. The second kappa shape index (κ2) is 9.77. The molecule has 9 nitrogen and oxygen atoms in total. The molecular weight excluding hydrogens is 537 g/mol. The van der Waals surface area contributed by atoms with Crippen LogP contribution in [0.25, 0.3) is 32.9 Å². The van der Waals surface area contributed by atoms with Gasteiger partial charge in [0, 0.05) is 43.7 Å². The lowest BCUT2D eigenvalue weighted by atomic mass is 10.1. The van der Waals surface area contributed by atoms with Gasteiger partial charge in [-0.1, -0.05) is 16.6 Å². The molecule has 1 aliphatic heterocycles. The fourth-order valence-corrected chi connectivity index (χ4v) is 4.59. The maximum Gasteiger partial charge on any atom is 0.504 e. The molecule has 0 atom stereocenters. The summed E-state index contributed by atoms with van der Waals surface area (Å²) in [7, 11) is 2.62. The van der Waals surface area contributed by atoms with E-state index in [0.29, 0.717) is 39.7 Å². The molecule has 1 amide bonds. The molecule has 6 rings (SSSR count). The van der Waals surface area contributed by atoms with Gasteiger partial charge in [0.05, 0.1) is 40.5 Å². The minimum absolute atomic E-state index is 0.00355. The average molecular weight is 559 g/mol. The first kappa shape index (κ1) is 26.8. The summed E-state index contributed by atoms with van der Waals surface area (Å²) < 4.78 is 71.3. The number of anilines is 1. The Balaban J connectivity index is 0.000000164. The van der Waals surface area contributed by atoms with Crippen molar-refractivity contribution in [3.05, 3.63) is 65.4 Å². The number of hydrogen-bond acceptors (Lipinski definition) is 6. The molecule has 5 aromatic rings. The summed E-state index contributed by atoms with van der Waals surface area (Å²) in [6.07, 6.45) is -1.47. The Morgan fingerprint density at radius 3 is 2.60 bits per heavy atom. The summed E-state index contributed by atoms with van der Waals surface area (Å²) in [5, 5.41) is 8.53. The van der Waals surface area contributed by atoms with Crippen molar-refractivity contribution in [3.63, 3.8) is 0 Å². The van der Waals surface area contributed by atoms with Gasteiger partial charge in [-0.25, -0.2) is 9.37 Å². The zero-order chi connectivity index (χ0) is 28.9. The molecule has 0 saturated carbocycles. The van der Waals surface area contributed by atoms with Gasteiger partial charge in [0.25, 0.3) is 5.91 Å². The lowest BCUT2D eigenvalue weighted by molar-refractivity contribution is -0.212. The number of pyridine rings is 1. The van der Waals surface area contributed by atoms with Crippen molar-refractivity contribution in [2.75, 3.05) is 19.4 Å². The number of benzene rings is 2. The fourth-order valence-electron chi connectivity index (χ4n) is 4.59. The largest absolute Gasteiger partial charge is 0.504 e. The summed E-state index contributed by atoms with van der Waals surface area (Å²) in [6, 6.07) is 7.76. The highest BCUT2D eigenvalue weighted by Crippen LogP contribution is 2.33. The molecule has 0 aliphatic carbocycles. The Bertz CT molecular complexity index is 1780. The highest BCUT2D eigenvalue weighted by molar-refractivity contribution is 6.11. The molecule has 40 heavy (non-hydrogen) atoms. The Morgan fingerprint density at radius 1 is 1.18 bits per heavy atom. The lowest BCUT2D eigenvalue weighted by Gasteiger charge is -2.09. The molecule has 2 aromatic carbocycles. The van der Waals surface area contributed by atoms with E-state index < -0.39 is 18.0 Å². The van der Waals surface area contributed by atoms with Crippen LogP contribution in [-0.4, -0.2) is 49.2 Å². The number of aryl methyl sites for hydroxylation is 2. The Morgan fingerprint density at radius 2 is 1.93 bits per heavy atom. The molecule has 208 valence electrons. The van der Waals surface area contributed by atoms with Gasteiger partial charge in [0.15, 0.2) is 0 Å². The normalized spacial score (nSPS) is 12.7. The predicted octanol–water partition coefficient (Wildman–Crippen LogP) is 5.07. The molecule has 14 heteroatoms. The van der Waals surface area contributed by atoms with Crippen LogP contribution in [0, 0.1) is 12.7 Å². The number of carbonyl (C=O) groups is 1. The highest BCUT2D eigenvalue weighted by Gasteiger charge is 2.31. The van der Waals surface area contributed by atoms with E-state index >= 15 is 0 Å². The smallest absolute Gasteiger partial charge is 0.493 e. The maximum atomic E-state index is 14.1. The molecule has 2 N–H and O–H groups in total. The Kier molecular flexibility index (Phi) is 6.56. The number of nitrogen functional groups attached to an aromatic ring is 1. The van der Waals surface area contributed by atoms with Gasteiger partial charge < -0.3 is 10.5 Å². The van der Waals surface area contributed by atoms with Crippen LogP contribution in [0.15, 0.2) is 42.7 Å². The molecule has 0 bridgehead atoms. The maximum absolute atomic E-state index is 14.1. The number of carbonyl (C=O) groups excluding carboxylic acids is 1. The second-order valence-corrected chi connectivity index (χ2v) is 9.12. The number of aromatic nitrogens is 5. The van der Waals surface area contributed by atoms with E-state index in [2.05, 4.69) is 15.2 Å². The molecule has 0 saturated heterocycles. The van der Waals surface area contributed by atoms with Crippen molar-refractivity contribution in [1.29, 1.82) is 0 Å². The zero-order valence-corrected chi connectivity index (χ0v) is 21.4. The first-order valence-corrected chi connectivity index (χ1v) is 11.9. The van der Waals surface area contributed by atoms with Crippen LogP contribution in [0.4, 0.5) is 27.9 Å². The van der Waals surface area contributed by atoms with E-state index in [1.807, 2.05) is 6.07 Å². The van der Waals surface area contributed by atoms with E-state index in [1.165, 1.54) is 12.3 Å². The van der Waals surface area contributed by atoms with Crippen molar-refractivity contribution in [1.82, 2.24) is 29.7 Å². The van der Waals surface area contributed by atoms with Gasteiger partial charge in [-0.05, 0) is 30.2 Å². The van der Waals surface area contributed by atoms with Crippen LogP contribution < -0.4 is 10.5 Å². The zero-order valence-electron chi connectivity index (χ0n) is 21.4. The topological polar surface area (TPSA) is 104 Å². The molecular formula is C26H22F5N7O2. The van der Waals surface area contributed by atoms with Crippen LogP contribution in [0.3, 0.4) is 0 Å². The minimum atomic E-state index is -4.48. The van der Waals surface area contributed by atoms with E-state index in [4.69, 9.17) is 10.5 Å². The van der Waals surface area contributed by atoms with E-state index in [9.17, 15) is 26.8 Å². The predicted molar refractivity (Wildman–Crippen MR) is 136 cm³/mol. The molecule has 1 aliphatic rings. The van der Waals surface area contributed by atoms with Crippen molar-refractivity contribution in [3.8, 4) is 16.9 Å². The third-order valence-corrected chi connectivity index (χ3v) is 6.44. The van der Waals surface area contributed by atoms with Gasteiger partial charge in [-0.3, -0.25) is 9.48 Å². The van der Waals surface area contributed by atoms with Crippen LogP contribution in [-0.2, 0) is 19.8 Å². The summed E-state index contributed by atoms with van der Waals surface area (Å²) >= 11 is 0. The molecule has 0 fully saturated rings. The summed E-state index contributed by atoms with van der Waals surface area (Å²) in [6.45, 7) is 2.40. The Hall–Kier alpha value is -4.75. The third-order valence-electron chi connectivity index (χ3n) is 6.44. The van der Waals surface area contributed by atoms with Gasteiger partial charge in [-0.2, -0.15) is 20.0 Å². The Labute approximate surface area is 223 Å². The minimum Gasteiger partial charge on any atom is -0.493 e. The standard InChI is InChI=1S/C14H13F2N5O.C12H9F3N2O/c1-6-11-12(21(3)19-6)8-4-7(14(22)20(2)16)9(15)5-10(8)18-13(11)17;13-12(14,15)17-7-10(6-16-17)9-2-1-8-3-4-18-11(8)5-9/h4-5H,1-3H3,(H2,17,18);1-2,5-7H,3-4H2. The molecule has 0 spiro atoms. The monoisotopic (exact) mass is 559 g/mol. The van der Waals surface area contributed by atoms with E-state index in [0.717, 1.165) is 37.0 Å². The van der Waals surface area contributed by atoms with Gasteiger partial charge in [0.2, 0.25) is 0 Å². The van der Waals surface area contributed by atoms with Crippen LogP contribution in [0.5, 0.6) is 5.75 Å². The number of fused-ring (bicyclic) bond motifs is 4. The fraction of sp³-hybridized carbons (Fsp3) is 0.231. The average Bonchev–Trinajstić information content (AvgIpc) is 3.62. The number of nitrogens with two attached hydrogens (primary N) is 1. The number of rotatable bonds is 2. The van der Waals surface area contributed by atoms with Crippen LogP contribution in [0.2, 0.25) is 0 Å². The van der Waals surface area contributed by atoms with E-state index in [1.54, 1.807) is 30.8 Å². The first-order valence-electron chi connectivity index (χ1n) is 11.9. The van der Waals surface area contributed by atoms with Crippen molar-refractivity contribution >= 4 is 33.5 Å². The van der Waals surface area contributed by atoms with Gasteiger partial charge in [0.1, 0.15) is 17.4 Å². The number of halogens is 5. The van der Waals surface area contributed by atoms with Crippen molar-refractivity contribution in [2.24, 2.45) is 7.05 Å². The summed E-state index contributed by atoms with van der Waals surface area (Å²) in [5.41, 5.74) is 9.29. The summed E-state index contributed by atoms with van der Waals surface area (Å²) in [5.74, 6) is -0.947. The molecule has 3 aromatic heterocycles. The molecule has 0 radical (unpaired) electrons. The number of alkyl halides is 3. The highest BCUT2D eigenvalue weighted by atomic mass is 19.4. The summed E-state index contributed by atoms with van der Waals surface area (Å²) in [4.78, 5) is 15.9. The number of hydrogen-bond donors (Lipinski definition) is 1. The molecule has 0 unspecified atom stereocenters. The number of ether oxygens (including phenoxy) is 1. The third kappa shape index (κ3) is 4.76. The van der Waals surface area contributed by atoms with E-state index in [-0.39, 0.29) is 26.7 Å². The van der Waals surface area contributed by atoms with Crippen molar-refractivity contribution < 1.29 is 31.6 Å². The van der Waals surface area contributed by atoms with Crippen LogP contribution in [0.1, 0.15) is 21.6 Å².